The maximum Gasteiger partial charge on any atom is 0.328 e. The molecule has 0 aromatic heterocycles. The predicted molar refractivity (Wildman–Crippen MR) is 51.1 cm³/mol. The van der Waals surface area contributed by atoms with Crippen molar-refractivity contribution in [2.24, 2.45) is 5.92 Å². The van der Waals surface area contributed by atoms with Gasteiger partial charge in [-0.15, -0.1) is 0 Å². The summed E-state index contributed by atoms with van der Waals surface area (Å²) in [4.78, 5) is 10.1. The molecule has 14 heavy (non-hydrogen) atoms. The van der Waals surface area contributed by atoms with Gasteiger partial charge in [-0.1, -0.05) is 6.08 Å². The van der Waals surface area contributed by atoms with Gasteiger partial charge >= 0.3 is 5.97 Å². The quantitative estimate of drug-likeness (QED) is 0.532. The average molecular weight is 200 g/mol. The highest BCUT2D eigenvalue weighted by atomic mass is 16.5. The Labute approximate surface area is 83.5 Å². The number of ether oxygens (including phenoxy) is 2. The van der Waals surface area contributed by atoms with Crippen molar-refractivity contribution < 1.29 is 19.4 Å². The number of aliphatic carboxylic acids is 1. The van der Waals surface area contributed by atoms with Crippen LogP contribution in [0.15, 0.2) is 12.2 Å². The van der Waals surface area contributed by atoms with Crippen molar-refractivity contribution >= 4 is 5.97 Å². The lowest BCUT2D eigenvalue weighted by Gasteiger charge is -2.21. The number of rotatable bonds is 5. The fourth-order valence-corrected chi connectivity index (χ4v) is 1.36. The topological polar surface area (TPSA) is 55.8 Å². The number of carboxylic acids is 1. The first-order valence-corrected chi connectivity index (χ1v) is 4.84. The van der Waals surface area contributed by atoms with Gasteiger partial charge in [-0.25, -0.2) is 4.79 Å². The van der Waals surface area contributed by atoms with Crippen LogP contribution in [0.25, 0.3) is 0 Å². The monoisotopic (exact) mass is 200 g/mol. The van der Waals surface area contributed by atoms with Gasteiger partial charge in [0.1, 0.15) is 0 Å². The molecule has 4 nitrogen and oxygen atoms in total. The molecule has 0 saturated carbocycles. The van der Waals surface area contributed by atoms with Crippen LogP contribution in [0.3, 0.4) is 0 Å². The summed E-state index contributed by atoms with van der Waals surface area (Å²) in [5, 5.41) is 8.30. The molecule has 1 heterocycles. The highest BCUT2D eigenvalue weighted by Crippen LogP contribution is 2.14. The highest BCUT2D eigenvalue weighted by Gasteiger charge is 2.12. The van der Waals surface area contributed by atoms with Gasteiger partial charge in [0.15, 0.2) is 0 Å². The Morgan fingerprint density at radius 3 is 2.86 bits per heavy atom. The molecular formula is C10H16O4. The smallest absolute Gasteiger partial charge is 0.328 e. The van der Waals surface area contributed by atoms with Crippen LogP contribution in [0.4, 0.5) is 0 Å². The van der Waals surface area contributed by atoms with Gasteiger partial charge in [0.2, 0.25) is 0 Å². The molecule has 1 rings (SSSR count). The van der Waals surface area contributed by atoms with Crippen molar-refractivity contribution in [1.29, 1.82) is 0 Å². The molecule has 0 unspecified atom stereocenters. The van der Waals surface area contributed by atoms with Crippen LogP contribution < -0.4 is 0 Å². The molecule has 4 heteroatoms. The fraction of sp³-hybridized carbons (Fsp3) is 0.700. The first-order chi connectivity index (χ1) is 6.79. The van der Waals surface area contributed by atoms with Crippen molar-refractivity contribution in [2.45, 2.75) is 12.8 Å². The van der Waals surface area contributed by atoms with Gasteiger partial charge in [0.05, 0.1) is 6.61 Å². The van der Waals surface area contributed by atoms with Crippen molar-refractivity contribution in [3.63, 3.8) is 0 Å². The molecule has 1 aliphatic rings. The summed E-state index contributed by atoms with van der Waals surface area (Å²) in [5.41, 5.74) is 0. The van der Waals surface area contributed by atoms with E-state index in [1.54, 1.807) is 0 Å². The van der Waals surface area contributed by atoms with Gasteiger partial charge in [0.25, 0.3) is 0 Å². The summed E-state index contributed by atoms with van der Waals surface area (Å²) in [6.45, 7) is 2.72. The second-order valence-electron chi connectivity index (χ2n) is 3.33. The van der Waals surface area contributed by atoms with E-state index in [1.807, 2.05) is 0 Å². The third-order valence-electron chi connectivity index (χ3n) is 2.17. The summed E-state index contributed by atoms with van der Waals surface area (Å²) in [5.74, 6) is -0.360. The van der Waals surface area contributed by atoms with Crippen molar-refractivity contribution in [1.82, 2.24) is 0 Å². The number of hydrogen-bond donors (Lipinski definition) is 1. The predicted octanol–water partition coefficient (Wildman–Crippen LogP) is 1.07. The molecule has 1 fully saturated rings. The highest BCUT2D eigenvalue weighted by molar-refractivity contribution is 5.79. The molecule has 0 atom stereocenters. The van der Waals surface area contributed by atoms with Crippen LogP contribution in [0.2, 0.25) is 0 Å². The Morgan fingerprint density at radius 2 is 2.21 bits per heavy atom. The summed E-state index contributed by atoms with van der Waals surface area (Å²) in [7, 11) is 0. The maximum atomic E-state index is 10.1. The molecule has 1 N–H and O–H groups in total. The third kappa shape index (κ3) is 4.99. The van der Waals surface area contributed by atoms with Crippen molar-refractivity contribution in [3.05, 3.63) is 12.2 Å². The largest absolute Gasteiger partial charge is 0.478 e. The van der Waals surface area contributed by atoms with E-state index in [-0.39, 0.29) is 0 Å². The SMILES string of the molecule is O=C(O)C=CCOCC1CCOCC1. The minimum absolute atomic E-state index is 0.379. The Kier molecular flexibility index (Phi) is 5.25. The average Bonchev–Trinajstić information content (AvgIpc) is 2.18. The van der Waals surface area contributed by atoms with E-state index < -0.39 is 5.97 Å². The van der Waals surface area contributed by atoms with Crippen molar-refractivity contribution in [3.8, 4) is 0 Å². The van der Waals surface area contributed by atoms with E-state index >= 15 is 0 Å². The standard InChI is InChI=1S/C10H16O4/c11-10(12)2-1-5-14-8-9-3-6-13-7-4-9/h1-2,9H,3-8H2,(H,11,12). The van der Waals surface area contributed by atoms with E-state index in [9.17, 15) is 4.79 Å². The Hall–Kier alpha value is -0.870. The number of carboxylic acid groups (broad SMARTS) is 1. The van der Waals surface area contributed by atoms with Crippen LogP contribution >= 0.6 is 0 Å². The number of carbonyl (C=O) groups is 1. The molecule has 0 aliphatic carbocycles. The summed E-state index contributed by atoms with van der Waals surface area (Å²) in [6, 6.07) is 0. The third-order valence-corrected chi connectivity index (χ3v) is 2.17. The van der Waals surface area contributed by atoms with E-state index in [4.69, 9.17) is 14.6 Å². The van der Waals surface area contributed by atoms with Gasteiger partial charge < -0.3 is 14.6 Å². The maximum absolute atomic E-state index is 10.1. The van der Waals surface area contributed by atoms with E-state index in [0.717, 1.165) is 32.1 Å². The van der Waals surface area contributed by atoms with Crippen LogP contribution in [-0.4, -0.2) is 37.5 Å². The fourth-order valence-electron chi connectivity index (χ4n) is 1.36. The van der Waals surface area contributed by atoms with Gasteiger partial charge in [-0.2, -0.15) is 0 Å². The zero-order valence-electron chi connectivity index (χ0n) is 8.15. The lowest BCUT2D eigenvalue weighted by atomic mass is 10.0. The molecule has 0 aromatic carbocycles. The Bertz CT molecular complexity index is 194. The van der Waals surface area contributed by atoms with Crippen molar-refractivity contribution in [2.75, 3.05) is 26.4 Å². The number of hydrogen-bond acceptors (Lipinski definition) is 3. The van der Waals surface area contributed by atoms with E-state index in [1.165, 1.54) is 6.08 Å². The normalized spacial score (nSPS) is 18.9. The molecule has 0 bridgehead atoms. The van der Waals surface area contributed by atoms with Crippen LogP contribution in [0.1, 0.15) is 12.8 Å². The van der Waals surface area contributed by atoms with Crippen LogP contribution in [0, 0.1) is 5.92 Å². The Morgan fingerprint density at radius 1 is 1.50 bits per heavy atom. The molecule has 80 valence electrons. The Balaban J connectivity index is 2.00. The lowest BCUT2D eigenvalue weighted by Crippen LogP contribution is -2.20. The summed E-state index contributed by atoms with van der Waals surface area (Å²) < 4.78 is 10.5. The zero-order chi connectivity index (χ0) is 10.2. The molecule has 0 radical (unpaired) electrons. The summed E-state index contributed by atoms with van der Waals surface area (Å²) in [6.07, 6.45) is 4.71. The second kappa shape index (κ2) is 6.56. The second-order valence-corrected chi connectivity index (χ2v) is 3.33. The molecule has 0 aromatic rings. The van der Waals surface area contributed by atoms with Gasteiger partial charge in [0, 0.05) is 25.9 Å². The van der Waals surface area contributed by atoms with Crippen LogP contribution in [0.5, 0.6) is 0 Å². The molecule has 0 amide bonds. The minimum Gasteiger partial charge on any atom is -0.478 e. The zero-order valence-corrected chi connectivity index (χ0v) is 8.15. The van der Waals surface area contributed by atoms with Crippen LogP contribution in [-0.2, 0) is 14.3 Å². The van der Waals surface area contributed by atoms with E-state index in [2.05, 4.69) is 0 Å². The first-order valence-electron chi connectivity index (χ1n) is 4.84. The molecular weight excluding hydrogens is 184 g/mol. The van der Waals surface area contributed by atoms with Gasteiger partial charge in [-0.05, 0) is 18.8 Å². The van der Waals surface area contributed by atoms with Gasteiger partial charge in [-0.3, -0.25) is 0 Å². The summed E-state index contributed by atoms with van der Waals surface area (Å²) >= 11 is 0. The molecule has 0 spiro atoms. The molecule has 1 saturated heterocycles. The first kappa shape index (κ1) is 11.2. The van der Waals surface area contributed by atoms with E-state index in [0.29, 0.717) is 19.1 Å². The minimum atomic E-state index is -0.931. The molecule has 1 aliphatic heterocycles. The lowest BCUT2D eigenvalue weighted by molar-refractivity contribution is -0.131.